The average molecular weight is 414 g/mol. The first-order chi connectivity index (χ1) is 10.4. The molecule has 0 heterocycles. The SMILES string of the molecule is Cc1c(F)c(C(=O)OCc2ccccc2)cc(I)c1C(=O)O. The van der Waals surface area contributed by atoms with E-state index in [0.29, 0.717) is 0 Å². The van der Waals surface area contributed by atoms with E-state index >= 15 is 0 Å². The fraction of sp³-hybridized carbons (Fsp3) is 0.125. The Morgan fingerprint density at radius 1 is 1.27 bits per heavy atom. The third-order valence-corrected chi connectivity index (χ3v) is 3.95. The highest BCUT2D eigenvalue weighted by atomic mass is 127. The summed E-state index contributed by atoms with van der Waals surface area (Å²) in [5.41, 5.74) is 0.302. The predicted octanol–water partition coefficient (Wildman–Crippen LogP) is 3.79. The van der Waals surface area contributed by atoms with Gasteiger partial charge in [-0.3, -0.25) is 0 Å². The van der Waals surface area contributed by atoms with Gasteiger partial charge in [-0.2, -0.15) is 0 Å². The molecule has 0 saturated carbocycles. The van der Waals surface area contributed by atoms with Crippen LogP contribution in [0.5, 0.6) is 0 Å². The summed E-state index contributed by atoms with van der Waals surface area (Å²) in [7, 11) is 0. The summed E-state index contributed by atoms with van der Waals surface area (Å²) >= 11 is 1.76. The zero-order chi connectivity index (χ0) is 16.3. The van der Waals surface area contributed by atoms with Gasteiger partial charge >= 0.3 is 11.9 Å². The van der Waals surface area contributed by atoms with Crippen molar-refractivity contribution >= 4 is 34.5 Å². The van der Waals surface area contributed by atoms with Crippen molar-refractivity contribution in [2.24, 2.45) is 0 Å². The maximum absolute atomic E-state index is 14.2. The Balaban J connectivity index is 2.25. The van der Waals surface area contributed by atoms with Crippen LogP contribution < -0.4 is 0 Å². The number of benzene rings is 2. The Morgan fingerprint density at radius 2 is 1.91 bits per heavy atom. The van der Waals surface area contributed by atoms with Crippen molar-refractivity contribution in [2.75, 3.05) is 0 Å². The Bertz CT molecular complexity index is 729. The summed E-state index contributed by atoms with van der Waals surface area (Å²) in [4.78, 5) is 23.1. The number of esters is 1. The molecule has 0 aliphatic heterocycles. The molecule has 2 aromatic carbocycles. The number of hydrogen-bond donors (Lipinski definition) is 1. The van der Waals surface area contributed by atoms with Gasteiger partial charge in [0, 0.05) is 9.13 Å². The van der Waals surface area contributed by atoms with E-state index in [1.54, 1.807) is 46.9 Å². The van der Waals surface area contributed by atoms with Gasteiger partial charge in [-0.25, -0.2) is 14.0 Å². The topological polar surface area (TPSA) is 63.6 Å². The van der Waals surface area contributed by atoms with Crippen LogP contribution >= 0.6 is 22.6 Å². The number of carbonyl (C=O) groups excluding carboxylic acids is 1. The molecule has 0 aliphatic carbocycles. The Morgan fingerprint density at radius 3 is 2.50 bits per heavy atom. The number of rotatable bonds is 4. The first kappa shape index (κ1) is 16.4. The van der Waals surface area contributed by atoms with Crippen LogP contribution in [0.25, 0.3) is 0 Å². The highest BCUT2D eigenvalue weighted by Gasteiger charge is 2.23. The molecule has 6 heteroatoms. The Labute approximate surface area is 140 Å². The van der Waals surface area contributed by atoms with Gasteiger partial charge in [0.25, 0.3) is 0 Å². The van der Waals surface area contributed by atoms with Gasteiger partial charge in [-0.15, -0.1) is 0 Å². The lowest BCUT2D eigenvalue weighted by Crippen LogP contribution is -2.13. The molecule has 2 rings (SSSR count). The van der Waals surface area contributed by atoms with E-state index in [4.69, 9.17) is 9.84 Å². The smallest absolute Gasteiger partial charge is 0.341 e. The Kier molecular flexibility index (Phi) is 5.12. The van der Waals surface area contributed by atoms with E-state index in [1.165, 1.54) is 13.0 Å². The van der Waals surface area contributed by atoms with E-state index in [-0.39, 0.29) is 26.9 Å². The maximum atomic E-state index is 14.2. The predicted molar refractivity (Wildman–Crippen MR) is 86.4 cm³/mol. The van der Waals surface area contributed by atoms with Gasteiger partial charge in [-0.05, 0) is 41.1 Å². The third-order valence-electron chi connectivity index (χ3n) is 3.10. The van der Waals surface area contributed by atoms with E-state index in [0.717, 1.165) is 5.56 Å². The molecule has 4 nitrogen and oxygen atoms in total. The average Bonchev–Trinajstić information content (AvgIpc) is 2.49. The molecule has 0 atom stereocenters. The molecule has 114 valence electrons. The second-order valence-corrected chi connectivity index (χ2v) is 5.75. The number of hydrogen-bond acceptors (Lipinski definition) is 3. The second kappa shape index (κ2) is 6.87. The molecular formula is C16H12FIO4. The molecule has 22 heavy (non-hydrogen) atoms. The van der Waals surface area contributed by atoms with Crippen LogP contribution in [0.15, 0.2) is 36.4 Å². The molecule has 0 aromatic heterocycles. The van der Waals surface area contributed by atoms with Crippen LogP contribution in [0, 0.1) is 16.3 Å². The zero-order valence-corrected chi connectivity index (χ0v) is 13.8. The summed E-state index contributed by atoms with van der Waals surface area (Å²) in [5.74, 6) is -2.92. The highest BCUT2D eigenvalue weighted by Crippen LogP contribution is 2.24. The molecule has 0 spiro atoms. The van der Waals surface area contributed by atoms with Crippen molar-refractivity contribution in [2.45, 2.75) is 13.5 Å². The lowest BCUT2D eigenvalue weighted by Gasteiger charge is -2.11. The van der Waals surface area contributed by atoms with Crippen LogP contribution in [0.4, 0.5) is 4.39 Å². The fourth-order valence-electron chi connectivity index (χ4n) is 1.97. The molecule has 0 aliphatic rings. The molecular weight excluding hydrogens is 402 g/mol. The molecule has 0 radical (unpaired) electrons. The van der Waals surface area contributed by atoms with Crippen molar-refractivity contribution < 1.29 is 23.8 Å². The summed E-state index contributed by atoms with van der Waals surface area (Å²) in [6, 6.07) is 10.2. The zero-order valence-electron chi connectivity index (χ0n) is 11.6. The Hall–Kier alpha value is -1.96. The largest absolute Gasteiger partial charge is 0.478 e. The van der Waals surface area contributed by atoms with Crippen LogP contribution in [0.3, 0.4) is 0 Å². The van der Waals surface area contributed by atoms with Crippen molar-refractivity contribution in [3.05, 3.63) is 68.0 Å². The molecule has 0 unspecified atom stereocenters. The summed E-state index contributed by atoms with van der Waals surface area (Å²) in [6.07, 6.45) is 0. The summed E-state index contributed by atoms with van der Waals surface area (Å²) in [6.45, 7) is 1.35. The molecule has 2 aromatic rings. The second-order valence-electron chi connectivity index (χ2n) is 4.59. The van der Waals surface area contributed by atoms with Crippen molar-refractivity contribution in [3.63, 3.8) is 0 Å². The van der Waals surface area contributed by atoms with Crippen molar-refractivity contribution in [1.29, 1.82) is 0 Å². The normalized spacial score (nSPS) is 10.3. The van der Waals surface area contributed by atoms with Gasteiger partial charge in [-0.1, -0.05) is 30.3 Å². The number of carboxylic acids is 1. The summed E-state index contributed by atoms with van der Waals surface area (Å²) in [5, 5.41) is 9.06. The van der Waals surface area contributed by atoms with Gasteiger partial charge in [0.05, 0.1) is 11.1 Å². The summed E-state index contributed by atoms with van der Waals surface area (Å²) < 4.78 is 19.6. The quantitative estimate of drug-likeness (QED) is 0.611. The van der Waals surface area contributed by atoms with Crippen LogP contribution in [-0.4, -0.2) is 17.0 Å². The minimum Gasteiger partial charge on any atom is -0.478 e. The lowest BCUT2D eigenvalue weighted by atomic mass is 10.0. The first-order valence-electron chi connectivity index (χ1n) is 6.34. The van der Waals surface area contributed by atoms with E-state index in [2.05, 4.69) is 0 Å². The van der Waals surface area contributed by atoms with Crippen LogP contribution in [0.1, 0.15) is 31.8 Å². The van der Waals surface area contributed by atoms with Gasteiger partial charge in [0.1, 0.15) is 12.4 Å². The highest BCUT2D eigenvalue weighted by molar-refractivity contribution is 14.1. The van der Waals surface area contributed by atoms with Gasteiger partial charge in [0.15, 0.2) is 0 Å². The molecule has 0 bridgehead atoms. The first-order valence-corrected chi connectivity index (χ1v) is 7.42. The molecule has 0 amide bonds. The standard InChI is InChI=1S/C16H12FIO4/c1-9-13(15(19)20)12(18)7-11(14(9)17)16(21)22-8-10-5-3-2-4-6-10/h2-7H,8H2,1H3,(H,19,20). The number of carbonyl (C=O) groups is 2. The van der Waals surface area contributed by atoms with Crippen molar-refractivity contribution in [3.8, 4) is 0 Å². The number of carboxylic acid groups (broad SMARTS) is 1. The van der Waals surface area contributed by atoms with Gasteiger partial charge < -0.3 is 9.84 Å². The van der Waals surface area contributed by atoms with E-state index < -0.39 is 17.8 Å². The van der Waals surface area contributed by atoms with E-state index in [9.17, 15) is 14.0 Å². The van der Waals surface area contributed by atoms with Gasteiger partial charge in [0.2, 0.25) is 0 Å². The van der Waals surface area contributed by atoms with Crippen molar-refractivity contribution in [1.82, 2.24) is 0 Å². The van der Waals surface area contributed by atoms with Crippen LogP contribution in [0.2, 0.25) is 0 Å². The third kappa shape index (κ3) is 3.44. The minimum atomic E-state index is -1.23. The van der Waals surface area contributed by atoms with E-state index in [1.807, 2.05) is 6.07 Å². The minimum absolute atomic E-state index is 0.0232. The van der Waals surface area contributed by atoms with Crippen LogP contribution in [-0.2, 0) is 11.3 Å². The number of ether oxygens (including phenoxy) is 1. The lowest BCUT2D eigenvalue weighted by molar-refractivity contribution is 0.0465. The number of halogens is 2. The maximum Gasteiger partial charge on any atom is 0.341 e. The molecule has 1 N–H and O–H groups in total. The molecule has 0 saturated heterocycles. The molecule has 0 fully saturated rings. The monoisotopic (exact) mass is 414 g/mol. The fourth-order valence-corrected chi connectivity index (χ4v) is 2.91. The number of aromatic carboxylic acids is 1.